The van der Waals surface area contributed by atoms with Gasteiger partial charge in [-0.3, -0.25) is 4.79 Å². The smallest absolute Gasteiger partial charge is 0.220 e. The lowest BCUT2D eigenvalue weighted by atomic mass is 10.0. The monoisotopic (exact) mass is 582 g/mol. The molecule has 41 heavy (non-hydrogen) atoms. The van der Waals surface area contributed by atoms with Gasteiger partial charge in [0.05, 0.1) is 18.8 Å². The molecule has 2 unspecified atom stereocenters. The third-order valence-corrected chi connectivity index (χ3v) is 8.87. The van der Waals surface area contributed by atoms with E-state index in [-0.39, 0.29) is 12.5 Å². The van der Waals surface area contributed by atoms with Gasteiger partial charge in [-0.05, 0) is 12.8 Å². The van der Waals surface area contributed by atoms with Gasteiger partial charge >= 0.3 is 0 Å². The molecule has 0 aromatic carbocycles. The van der Waals surface area contributed by atoms with E-state index in [0.29, 0.717) is 12.8 Å². The van der Waals surface area contributed by atoms with Crippen molar-refractivity contribution < 1.29 is 15.0 Å². The van der Waals surface area contributed by atoms with Crippen molar-refractivity contribution in [1.82, 2.24) is 5.32 Å². The molecule has 0 aliphatic carbocycles. The molecule has 0 heterocycles. The fourth-order valence-electron chi connectivity index (χ4n) is 5.95. The highest BCUT2D eigenvalue weighted by Gasteiger charge is 2.19. The van der Waals surface area contributed by atoms with Crippen molar-refractivity contribution in [3.8, 4) is 0 Å². The third-order valence-electron chi connectivity index (χ3n) is 8.87. The predicted octanol–water partition coefficient (Wildman–Crippen LogP) is 11.0. The molecular formula is C37H75NO3. The molecule has 0 aromatic heterocycles. The Balaban J connectivity index is 3.50. The maximum absolute atomic E-state index is 12.3. The average Bonchev–Trinajstić information content (AvgIpc) is 2.97. The summed E-state index contributed by atoms with van der Waals surface area (Å²) in [6, 6.07) is -0.527. The van der Waals surface area contributed by atoms with E-state index < -0.39 is 12.1 Å². The number of nitrogens with one attached hydrogen (secondary N) is 1. The van der Waals surface area contributed by atoms with Crippen molar-refractivity contribution in [3.63, 3.8) is 0 Å². The van der Waals surface area contributed by atoms with E-state index in [9.17, 15) is 15.0 Å². The Morgan fingerprint density at radius 3 is 1.10 bits per heavy atom. The Morgan fingerprint density at radius 1 is 0.488 bits per heavy atom. The molecule has 1 amide bonds. The summed E-state index contributed by atoms with van der Waals surface area (Å²) in [6.45, 7) is 4.35. The minimum absolute atomic E-state index is 0.0307. The number of aliphatic hydroxyl groups is 2. The van der Waals surface area contributed by atoms with Crippen molar-refractivity contribution in [2.24, 2.45) is 0 Å². The van der Waals surface area contributed by atoms with Crippen LogP contribution in [0.2, 0.25) is 0 Å². The largest absolute Gasteiger partial charge is 0.394 e. The van der Waals surface area contributed by atoms with Crippen molar-refractivity contribution in [3.05, 3.63) is 0 Å². The zero-order chi connectivity index (χ0) is 30.1. The molecule has 0 spiro atoms. The van der Waals surface area contributed by atoms with Gasteiger partial charge in [-0.1, -0.05) is 194 Å². The highest BCUT2D eigenvalue weighted by Crippen LogP contribution is 2.16. The van der Waals surface area contributed by atoms with Gasteiger partial charge in [0.15, 0.2) is 0 Å². The van der Waals surface area contributed by atoms with Crippen LogP contribution in [0.3, 0.4) is 0 Å². The highest BCUT2D eigenvalue weighted by molar-refractivity contribution is 5.76. The van der Waals surface area contributed by atoms with Crippen LogP contribution >= 0.6 is 0 Å². The van der Waals surface area contributed by atoms with Crippen molar-refractivity contribution in [2.75, 3.05) is 6.61 Å². The van der Waals surface area contributed by atoms with E-state index in [4.69, 9.17) is 0 Å². The number of hydrogen-bond donors (Lipinski definition) is 3. The molecule has 0 aromatic rings. The Bertz CT molecular complexity index is 512. The zero-order valence-corrected chi connectivity index (χ0v) is 28.1. The molecule has 0 saturated carbocycles. The molecule has 0 bridgehead atoms. The normalized spacial score (nSPS) is 13.0. The van der Waals surface area contributed by atoms with E-state index in [0.717, 1.165) is 25.7 Å². The second-order valence-corrected chi connectivity index (χ2v) is 13.0. The third kappa shape index (κ3) is 30.6. The quantitative estimate of drug-likeness (QED) is 0.0662. The van der Waals surface area contributed by atoms with Crippen LogP contribution in [-0.2, 0) is 4.79 Å². The molecule has 3 N–H and O–H groups in total. The summed E-state index contributed by atoms with van der Waals surface area (Å²) < 4.78 is 0. The van der Waals surface area contributed by atoms with Crippen LogP contribution < -0.4 is 5.32 Å². The van der Waals surface area contributed by atoms with Crippen LogP contribution in [0.5, 0.6) is 0 Å². The molecule has 246 valence electrons. The first kappa shape index (κ1) is 40.4. The Hall–Kier alpha value is -0.610. The SMILES string of the molecule is CCCCCCCCCCCCCCCCCCCCC(O)C(CO)NC(=O)CCCCCCCCCCCCC. The van der Waals surface area contributed by atoms with Crippen LogP contribution in [0, 0.1) is 0 Å². The first-order valence-electron chi connectivity index (χ1n) is 18.7. The van der Waals surface area contributed by atoms with Gasteiger partial charge < -0.3 is 15.5 Å². The molecule has 4 nitrogen and oxygen atoms in total. The number of amides is 1. The molecule has 0 fully saturated rings. The van der Waals surface area contributed by atoms with Crippen LogP contribution in [0.25, 0.3) is 0 Å². The number of carbonyl (C=O) groups is 1. The van der Waals surface area contributed by atoms with Gasteiger partial charge in [0, 0.05) is 6.42 Å². The number of aliphatic hydroxyl groups excluding tert-OH is 2. The Kier molecular flexibility index (Phi) is 33.4. The van der Waals surface area contributed by atoms with E-state index in [1.54, 1.807) is 0 Å². The molecule has 0 saturated heterocycles. The Labute approximate surface area is 257 Å². The molecule has 4 heteroatoms. The van der Waals surface area contributed by atoms with E-state index in [1.165, 1.54) is 161 Å². The number of rotatable bonds is 34. The topological polar surface area (TPSA) is 69.6 Å². The summed E-state index contributed by atoms with van der Waals surface area (Å²) in [5, 5.41) is 23.0. The summed E-state index contributed by atoms with van der Waals surface area (Å²) in [5.41, 5.74) is 0. The fraction of sp³-hybridized carbons (Fsp3) is 0.973. The van der Waals surface area contributed by atoms with Gasteiger partial charge in [-0.2, -0.15) is 0 Å². The number of carbonyl (C=O) groups excluding carboxylic acids is 1. The summed E-state index contributed by atoms with van der Waals surface area (Å²) >= 11 is 0. The van der Waals surface area contributed by atoms with Gasteiger partial charge in [-0.15, -0.1) is 0 Å². The van der Waals surface area contributed by atoms with Crippen LogP contribution in [-0.4, -0.2) is 34.9 Å². The lowest BCUT2D eigenvalue weighted by Gasteiger charge is -2.22. The van der Waals surface area contributed by atoms with Crippen molar-refractivity contribution >= 4 is 5.91 Å². The van der Waals surface area contributed by atoms with E-state index in [1.807, 2.05) is 0 Å². The maximum Gasteiger partial charge on any atom is 0.220 e. The molecule has 0 aliphatic rings. The average molecular weight is 582 g/mol. The first-order valence-corrected chi connectivity index (χ1v) is 18.7. The second kappa shape index (κ2) is 33.9. The lowest BCUT2D eigenvalue weighted by molar-refractivity contribution is -0.123. The summed E-state index contributed by atoms with van der Waals surface area (Å²) in [6.07, 6.45) is 38.7. The van der Waals surface area contributed by atoms with Gasteiger partial charge in [0.25, 0.3) is 0 Å². The standard InChI is InChI=1S/C37H75NO3/c1-3-5-7-9-11-13-15-16-17-18-19-20-21-23-24-26-28-30-32-36(40)35(34-39)38-37(41)33-31-29-27-25-22-14-12-10-8-6-4-2/h35-36,39-40H,3-34H2,1-2H3,(H,38,41). The van der Waals surface area contributed by atoms with Crippen LogP contribution in [0.1, 0.15) is 213 Å². The predicted molar refractivity (Wildman–Crippen MR) is 179 cm³/mol. The molecule has 2 atom stereocenters. The summed E-state index contributed by atoms with van der Waals surface area (Å²) in [4.78, 5) is 12.3. The van der Waals surface area contributed by atoms with E-state index >= 15 is 0 Å². The molecule has 0 radical (unpaired) electrons. The van der Waals surface area contributed by atoms with Crippen LogP contribution in [0.15, 0.2) is 0 Å². The fourth-order valence-corrected chi connectivity index (χ4v) is 5.95. The first-order chi connectivity index (χ1) is 20.2. The lowest BCUT2D eigenvalue weighted by Crippen LogP contribution is -2.45. The van der Waals surface area contributed by atoms with Crippen molar-refractivity contribution in [2.45, 2.75) is 225 Å². The molecule has 0 rings (SSSR count). The van der Waals surface area contributed by atoms with Crippen LogP contribution in [0.4, 0.5) is 0 Å². The van der Waals surface area contributed by atoms with Gasteiger partial charge in [0.2, 0.25) is 5.91 Å². The van der Waals surface area contributed by atoms with E-state index in [2.05, 4.69) is 19.2 Å². The summed E-state index contributed by atoms with van der Waals surface area (Å²) in [7, 11) is 0. The Morgan fingerprint density at radius 2 is 0.780 bits per heavy atom. The van der Waals surface area contributed by atoms with Crippen molar-refractivity contribution in [1.29, 1.82) is 0 Å². The number of hydrogen-bond acceptors (Lipinski definition) is 3. The second-order valence-electron chi connectivity index (χ2n) is 13.0. The minimum atomic E-state index is -0.651. The van der Waals surface area contributed by atoms with Gasteiger partial charge in [0.1, 0.15) is 0 Å². The highest BCUT2D eigenvalue weighted by atomic mass is 16.3. The molecule has 0 aliphatic heterocycles. The number of unbranched alkanes of at least 4 members (excludes halogenated alkanes) is 27. The van der Waals surface area contributed by atoms with Gasteiger partial charge in [-0.25, -0.2) is 0 Å². The zero-order valence-electron chi connectivity index (χ0n) is 28.1. The maximum atomic E-state index is 12.3. The summed E-state index contributed by atoms with van der Waals surface area (Å²) in [5.74, 6) is -0.0307. The molecular weight excluding hydrogens is 506 g/mol. The minimum Gasteiger partial charge on any atom is -0.394 e.